The average Bonchev–Trinajstić information content (AvgIpc) is 2.93. The summed E-state index contributed by atoms with van der Waals surface area (Å²) >= 11 is 0. The molecule has 2 aliphatic rings. The summed E-state index contributed by atoms with van der Waals surface area (Å²) in [5, 5.41) is 10.5. The number of benzene rings is 1. The molecule has 1 N–H and O–H groups in total. The first kappa shape index (κ1) is 17.5. The van der Waals surface area contributed by atoms with Crippen molar-refractivity contribution in [1.29, 1.82) is 0 Å². The maximum Gasteiger partial charge on any atom is 0.309 e. The average molecular weight is 367 g/mol. The molecule has 27 heavy (non-hydrogen) atoms. The Bertz CT molecular complexity index is 934. The van der Waals surface area contributed by atoms with Crippen molar-refractivity contribution < 1.29 is 19.5 Å². The Hall–Kier alpha value is -2.96. The van der Waals surface area contributed by atoms with Crippen LogP contribution in [0.25, 0.3) is 10.9 Å². The van der Waals surface area contributed by atoms with Crippen LogP contribution in [0.4, 0.5) is 0 Å². The van der Waals surface area contributed by atoms with Gasteiger partial charge in [0.05, 0.1) is 22.5 Å². The molecule has 4 rings (SSSR count). The standard InChI is InChI=1S/C20H21N3O4/c1-22-17(24)11-15(19(26)27)20(22)6-8-23(9-7-20)18(25)14-10-13-4-2-3-5-16(13)21-12-14/h2-5,10,12,15H,6-9,11H2,1H3,(H,26,27). The van der Waals surface area contributed by atoms with E-state index in [9.17, 15) is 19.5 Å². The van der Waals surface area contributed by atoms with Crippen LogP contribution in [0.15, 0.2) is 36.5 Å². The smallest absolute Gasteiger partial charge is 0.309 e. The SMILES string of the molecule is CN1C(=O)CC(C(=O)O)C12CCN(C(=O)c1cnc3ccccc3c1)CC2. The van der Waals surface area contributed by atoms with Crippen LogP contribution in [0.1, 0.15) is 29.6 Å². The van der Waals surface area contributed by atoms with E-state index in [1.165, 1.54) is 0 Å². The maximum absolute atomic E-state index is 12.9. The summed E-state index contributed by atoms with van der Waals surface area (Å²) in [6.45, 7) is 0.847. The zero-order valence-corrected chi connectivity index (χ0v) is 15.1. The van der Waals surface area contributed by atoms with Crippen molar-refractivity contribution in [3.8, 4) is 0 Å². The van der Waals surface area contributed by atoms with E-state index in [-0.39, 0.29) is 18.2 Å². The highest BCUT2D eigenvalue weighted by atomic mass is 16.4. The van der Waals surface area contributed by atoms with Gasteiger partial charge in [0.2, 0.25) is 5.91 Å². The highest BCUT2D eigenvalue weighted by Gasteiger charge is 2.55. The maximum atomic E-state index is 12.9. The molecule has 3 heterocycles. The number of aliphatic carboxylic acids is 1. The van der Waals surface area contributed by atoms with Gasteiger partial charge >= 0.3 is 5.97 Å². The highest BCUT2D eigenvalue weighted by molar-refractivity contribution is 5.97. The molecule has 0 bridgehead atoms. The third kappa shape index (κ3) is 2.74. The molecule has 140 valence electrons. The number of carbonyl (C=O) groups excluding carboxylic acids is 2. The predicted octanol–water partition coefficient (Wildman–Crippen LogP) is 1.77. The Morgan fingerprint density at radius 2 is 1.93 bits per heavy atom. The van der Waals surface area contributed by atoms with Crippen LogP contribution in [0.2, 0.25) is 0 Å². The Balaban J connectivity index is 1.53. The van der Waals surface area contributed by atoms with Gasteiger partial charge in [-0.2, -0.15) is 0 Å². The number of amides is 2. The van der Waals surface area contributed by atoms with E-state index in [2.05, 4.69) is 4.98 Å². The number of fused-ring (bicyclic) bond motifs is 1. The van der Waals surface area contributed by atoms with Gasteiger partial charge in [0.1, 0.15) is 0 Å². The van der Waals surface area contributed by atoms with Crippen LogP contribution in [0.5, 0.6) is 0 Å². The molecule has 1 aromatic heterocycles. The molecule has 1 atom stereocenters. The molecule has 2 fully saturated rings. The molecule has 0 radical (unpaired) electrons. The van der Waals surface area contributed by atoms with Crippen molar-refractivity contribution in [3.63, 3.8) is 0 Å². The first-order chi connectivity index (χ1) is 12.9. The van der Waals surface area contributed by atoms with E-state index in [1.54, 1.807) is 23.0 Å². The fourth-order valence-corrected chi connectivity index (χ4v) is 4.45. The van der Waals surface area contributed by atoms with Gasteiger partial charge in [-0.25, -0.2) is 0 Å². The van der Waals surface area contributed by atoms with Crippen LogP contribution in [-0.4, -0.2) is 63.4 Å². The van der Waals surface area contributed by atoms with Crippen molar-refractivity contribution in [1.82, 2.24) is 14.8 Å². The second-order valence-corrected chi connectivity index (χ2v) is 7.36. The number of aromatic nitrogens is 1. The van der Waals surface area contributed by atoms with E-state index in [1.807, 2.05) is 30.3 Å². The van der Waals surface area contributed by atoms with Crippen LogP contribution in [0.3, 0.4) is 0 Å². The largest absolute Gasteiger partial charge is 0.481 e. The second kappa shape index (κ2) is 6.33. The lowest BCUT2D eigenvalue weighted by molar-refractivity contribution is -0.145. The zero-order valence-electron chi connectivity index (χ0n) is 15.1. The topological polar surface area (TPSA) is 90.8 Å². The molecule has 0 aliphatic carbocycles. The summed E-state index contributed by atoms with van der Waals surface area (Å²) in [6.07, 6.45) is 2.56. The number of rotatable bonds is 2. The molecule has 1 aromatic carbocycles. The Labute approximate surface area is 156 Å². The van der Waals surface area contributed by atoms with Gasteiger partial charge in [0, 0.05) is 38.1 Å². The van der Waals surface area contributed by atoms with Gasteiger partial charge < -0.3 is 14.9 Å². The van der Waals surface area contributed by atoms with Crippen LogP contribution < -0.4 is 0 Å². The van der Waals surface area contributed by atoms with Gasteiger partial charge in [-0.15, -0.1) is 0 Å². The second-order valence-electron chi connectivity index (χ2n) is 7.36. The Morgan fingerprint density at radius 1 is 1.22 bits per heavy atom. The van der Waals surface area contributed by atoms with Crippen molar-refractivity contribution in [2.24, 2.45) is 5.92 Å². The quantitative estimate of drug-likeness (QED) is 0.874. The number of carbonyl (C=O) groups is 3. The lowest BCUT2D eigenvalue weighted by Crippen LogP contribution is -2.56. The minimum absolute atomic E-state index is 0.0361. The predicted molar refractivity (Wildman–Crippen MR) is 98.1 cm³/mol. The fraction of sp³-hybridized carbons (Fsp3) is 0.400. The van der Waals surface area contributed by atoms with E-state index in [0.29, 0.717) is 31.5 Å². The monoisotopic (exact) mass is 367 g/mol. The molecule has 1 spiro atoms. The third-order valence-corrected chi connectivity index (χ3v) is 6.12. The summed E-state index contributed by atoms with van der Waals surface area (Å²) in [7, 11) is 1.68. The summed E-state index contributed by atoms with van der Waals surface area (Å²) in [6, 6.07) is 9.45. The lowest BCUT2D eigenvalue weighted by Gasteiger charge is -2.45. The van der Waals surface area contributed by atoms with Gasteiger partial charge in [-0.05, 0) is 25.0 Å². The normalized spacial score (nSPS) is 21.8. The number of hydrogen-bond donors (Lipinski definition) is 1. The molecule has 7 nitrogen and oxygen atoms in total. The Kier molecular flexibility index (Phi) is 4.09. The van der Waals surface area contributed by atoms with Gasteiger partial charge in [-0.1, -0.05) is 18.2 Å². The number of carboxylic acids is 1. The Morgan fingerprint density at radius 3 is 2.63 bits per heavy atom. The molecular weight excluding hydrogens is 346 g/mol. The van der Waals surface area contributed by atoms with Gasteiger partial charge in [0.25, 0.3) is 5.91 Å². The first-order valence-electron chi connectivity index (χ1n) is 9.06. The number of nitrogens with zero attached hydrogens (tertiary/aromatic N) is 3. The third-order valence-electron chi connectivity index (χ3n) is 6.12. The molecule has 0 saturated carbocycles. The van der Waals surface area contributed by atoms with E-state index in [4.69, 9.17) is 0 Å². The van der Waals surface area contributed by atoms with Gasteiger partial charge in [0.15, 0.2) is 0 Å². The van der Waals surface area contributed by atoms with Crippen molar-refractivity contribution in [2.75, 3.05) is 20.1 Å². The minimum Gasteiger partial charge on any atom is -0.481 e. The van der Waals surface area contributed by atoms with Crippen molar-refractivity contribution >= 4 is 28.7 Å². The number of pyridine rings is 1. The van der Waals surface area contributed by atoms with Crippen molar-refractivity contribution in [3.05, 3.63) is 42.1 Å². The number of carboxylic acid groups (broad SMARTS) is 1. The van der Waals surface area contributed by atoms with Crippen LogP contribution in [0, 0.1) is 5.92 Å². The molecule has 2 aromatic rings. The fourth-order valence-electron chi connectivity index (χ4n) is 4.45. The summed E-state index contributed by atoms with van der Waals surface area (Å²) < 4.78 is 0. The van der Waals surface area contributed by atoms with E-state index >= 15 is 0 Å². The summed E-state index contributed by atoms with van der Waals surface area (Å²) in [5.74, 6) is -1.90. The van der Waals surface area contributed by atoms with Gasteiger partial charge in [-0.3, -0.25) is 19.4 Å². The minimum atomic E-state index is -0.939. The zero-order chi connectivity index (χ0) is 19.2. The van der Waals surface area contributed by atoms with Crippen LogP contribution >= 0.6 is 0 Å². The molecule has 2 amide bonds. The van der Waals surface area contributed by atoms with Crippen molar-refractivity contribution in [2.45, 2.75) is 24.8 Å². The molecule has 2 aliphatic heterocycles. The highest BCUT2D eigenvalue weighted by Crippen LogP contribution is 2.43. The number of para-hydroxylation sites is 1. The first-order valence-corrected chi connectivity index (χ1v) is 9.06. The summed E-state index contributed by atoms with van der Waals surface area (Å²) in [5.41, 5.74) is 0.666. The molecular formula is C20H21N3O4. The van der Waals surface area contributed by atoms with Crippen LogP contribution in [-0.2, 0) is 9.59 Å². The number of likely N-dealkylation sites (tertiary alicyclic amines) is 2. The number of hydrogen-bond acceptors (Lipinski definition) is 4. The molecule has 1 unspecified atom stereocenters. The number of piperidine rings is 1. The molecule has 2 saturated heterocycles. The summed E-state index contributed by atoms with van der Waals surface area (Å²) in [4.78, 5) is 44.3. The van der Waals surface area contributed by atoms with E-state index < -0.39 is 17.4 Å². The van der Waals surface area contributed by atoms with E-state index in [0.717, 1.165) is 10.9 Å². The molecule has 7 heteroatoms. The lowest BCUT2D eigenvalue weighted by atomic mass is 9.77.